The molecule has 2 rings (SSSR count). The summed E-state index contributed by atoms with van der Waals surface area (Å²) in [5.74, 6) is 0. The van der Waals surface area contributed by atoms with Crippen LogP contribution < -0.4 is 10.6 Å². The van der Waals surface area contributed by atoms with Crippen molar-refractivity contribution in [3.05, 3.63) is 29.8 Å². The third-order valence-corrected chi connectivity index (χ3v) is 2.80. The molecule has 1 aliphatic rings. The second kappa shape index (κ2) is 4.67. The van der Waals surface area contributed by atoms with Gasteiger partial charge in [-0.25, -0.2) is 0 Å². The Hall–Kier alpha value is -0.730. The first-order valence-electron chi connectivity index (χ1n) is 4.87. The zero-order valence-electron chi connectivity index (χ0n) is 8.44. The van der Waals surface area contributed by atoms with Crippen LogP contribution in [-0.4, -0.2) is 19.1 Å². The van der Waals surface area contributed by atoms with Crippen LogP contribution in [0.5, 0.6) is 0 Å². The Labute approximate surface area is 91.5 Å². The molecule has 0 saturated heterocycles. The lowest BCUT2D eigenvalue weighted by atomic mass is 10.2. The average molecular weight is 213 g/mol. The molecule has 0 aromatic heterocycles. The van der Waals surface area contributed by atoms with Crippen molar-refractivity contribution in [2.75, 3.05) is 18.0 Å². The highest BCUT2D eigenvalue weighted by atomic mass is 35.5. The van der Waals surface area contributed by atoms with E-state index in [1.54, 1.807) is 0 Å². The molecule has 1 unspecified atom stereocenters. The van der Waals surface area contributed by atoms with Gasteiger partial charge in [-0.3, -0.25) is 0 Å². The number of hydrogen-bond acceptors (Lipinski definition) is 2. The second-order valence-corrected chi connectivity index (χ2v) is 3.66. The topological polar surface area (TPSA) is 29.3 Å². The van der Waals surface area contributed by atoms with Crippen LogP contribution in [0.2, 0.25) is 0 Å². The maximum atomic E-state index is 5.67. The number of anilines is 1. The fraction of sp³-hybridized carbons (Fsp3) is 0.455. The summed E-state index contributed by atoms with van der Waals surface area (Å²) in [6, 6.07) is 9.06. The van der Waals surface area contributed by atoms with Crippen molar-refractivity contribution in [1.29, 1.82) is 0 Å². The van der Waals surface area contributed by atoms with Crippen molar-refractivity contribution in [2.45, 2.75) is 19.4 Å². The number of benzene rings is 1. The number of nitrogens with zero attached hydrogens (tertiary/aromatic N) is 1. The fourth-order valence-electron chi connectivity index (χ4n) is 1.95. The second-order valence-electron chi connectivity index (χ2n) is 3.66. The van der Waals surface area contributed by atoms with E-state index < -0.39 is 0 Å². The Morgan fingerprint density at radius 1 is 1.43 bits per heavy atom. The number of nitrogens with two attached hydrogens (primary N) is 1. The summed E-state index contributed by atoms with van der Waals surface area (Å²) in [5, 5.41) is 0. The van der Waals surface area contributed by atoms with E-state index in [4.69, 9.17) is 5.73 Å². The smallest absolute Gasteiger partial charge is 0.0402 e. The molecule has 1 heterocycles. The molecule has 1 aromatic carbocycles. The van der Waals surface area contributed by atoms with E-state index in [-0.39, 0.29) is 12.4 Å². The molecule has 1 aliphatic heterocycles. The number of para-hydroxylation sites is 1. The SMILES string of the molecule is CC(CN)N1CCc2ccccc21.Cl. The first-order chi connectivity index (χ1) is 6.33. The quantitative estimate of drug-likeness (QED) is 0.811. The first-order valence-corrected chi connectivity index (χ1v) is 4.87. The molecule has 3 heteroatoms. The van der Waals surface area contributed by atoms with Gasteiger partial charge in [0.1, 0.15) is 0 Å². The minimum absolute atomic E-state index is 0. The minimum Gasteiger partial charge on any atom is -0.367 e. The van der Waals surface area contributed by atoms with Crippen LogP contribution in [0, 0.1) is 0 Å². The monoisotopic (exact) mass is 212 g/mol. The third kappa shape index (κ3) is 1.86. The maximum absolute atomic E-state index is 5.67. The van der Waals surface area contributed by atoms with Gasteiger partial charge in [0.25, 0.3) is 0 Å². The van der Waals surface area contributed by atoms with Gasteiger partial charge in [-0.15, -0.1) is 12.4 Å². The predicted octanol–water partition coefficient (Wildman–Crippen LogP) is 1.82. The molecule has 78 valence electrons. The Morgan fingerprint density at radius 3 is 2.86 bits per heavy atom. The van der Waals surface area contributed by atoms with Gasteiger partial charge in [0.05, 0.1) is 0 Å². The molecule has 0 aliphatic carbocycles. The zero-order valence-corrected chi connectivity index (χ0v) is 9.26. The summed E-state index contributed by atoms with van der Waals surface area (Å²) in [7, 11) is 0. The number of halogens is 1. The summed E-state index contributed by atoms with van der Waals surface area (Å²) in [4.78, 5) is 2.40. The molecule has 0 spiro atoms. The molecule has 0 fully saturated rings. The summed E-state index contributed by atoms with van der Waals surface area (Å²) in [6.45, 7) is 4.04. The molecule has 0 amide bonds. The Balaban J connectivity index is 0.000000980. The van der Waals surface area contributed by atoms with E-state index in [0.717, 1.165) is 13.1 Å². The molecule has 14 heavy (non-hydrogen) atoms. The molecule has 2 nitrogen and oxygen atoms in total. The van der Waals surface area contributed by atoms with Crippen LogP contribution >= 0.6 is 12.4 Å². The Kier molecular flexibility index (Phi) is 3.78. The normalized spacial score (nSPS) is 16.0. The van der Waals surface area contributed by atoms with Gasteiger partial charge in [0.15, 0.2) is 0 Å². The minimum atomic E-state index is 0. The Morgan fingerprint density at radius 2 is 2.14 bits per heavy atom. The highest BCUT2D eigenvalue weighted by Crippen LogP contribution is 2.28. The number of fused-ring (bicyclic) bond motifs is 1. The van der Waals surface area contributed by atoms with Crippen molar-refractivity contribution in [2.24, 2.45) is 5.73 Å². The highest BCUT2D eigenvalue weighted by Gasteiger charge is 2.21. The lowest BCUT2D eigenvalue weighted by molar-refractivity contribution is 0.663. The van der Waals surface area contributed by atoms with Crippen molar-refractivity contribution < 1.29 is 0 Å². The van der Waals surface area contributed by atoms with E-state index in [1.807, 2.05) is 0 Å². The molecule has 1 atom stereocenters. The van der Waals surface area contributed by atoms with Crippen LogP contribution in [0.25, 0.3) is 0 Å². The van der Waals surface area contributed by atoms with E-state index in [1.165, 1.54) is 17.7 Å². The third-order valence-electron chi connectivity index (χ3n) is 2.80. The molecule has 2 N–H and O–H groups in total. The van der Waals surface area contributed by atoms with Gasteiger partial charge < -0.3 is 10.6 Å². The lowest BCUT2D eigenvalue weighted by Crippen LogP contribution is -2.37. The number of rotatable bonds is 2. The predicted molar refractivity (Wildman–Crippen MR) is 63.3 cm³/mol. The van der Waals surface area contributed by atoms with Gasteiger partial charge in [-0.1, -0.05) is 18.2 Å². The van der Waals surface area contributed by atoms with Crippen LogP contribution in [0.1, 0.15) is 12.5 Å². The van der Waals surface area contributed by atoms with Gasteiger partial charge in [-0.05, 0) is 25.0 Å². The summed E-state index contributed by atoms with van der Waals surface area (Å²) in [6.07, 6.45) is 1.17. The summed E-state index contributed by atoms with van der Waals surface area (Å²) in [5.41, 5.74) is 8.50. The van der Waals surface area contributed by atoms with Crippen molar-refractivity contribution >= 4 is 18.1 Å². The zero-order chi connectivity index (χ0) is 9.26. The van der Waals surface area contributed by atoms with Crippen molar-refractivity contribution in [1.82, 2.24) is 0 Å². The molecule has 0 bridgehead atoms. The van der Waals surface area contributed by atoms with Gasteiger partial charge in [0, 0.05) is 24.8 Å². The molecular formula is C11H17ClN2. The van der Waals surface area contributed by atoms with Gasteiger partial charge in [-0.2, -0.15) is 0 Å². The standard InChI is InChI=1S/C11H16N2.ClH/c1-9(8-12)13-7-6-10-4-2-3-5-11(10)13;/h2-5,9H,6-8,12H2,1H3;1H. The van der Waals surface area contributed by atoms with Crippen LogP contribution in [-0.2, 0) is 6.42 Å². The van der Waals surface area contributed by atoms with Crippen LogP contribution in [0.4, 0.5) is 5.69 Å². The van der Waals surface area contributed by atoms with E-state index >= 15 is 0 Å². The molecule has 0 saturated carbocycles. The molecular weight excluding hydrogens is 196 g/mol. The maximum Gasteiger partial charge on any atom is 0.0402 e. The largest absolute Gasteiger partial charge is 0.367 e. The van der Waals surface area contributed by atoms with E-state index in [0.29, 0.717) is 6.04 Å². The van der Waals surface area contributed by atoms with Gasteiger partial charge >= 0.3 is 0 Å². The van der Waals surface area contributed by atoms with Crippen molar-refractivity contribution in [3.8, 4) is 0 Å². The van der Waals surface area contributed by atoms with E-state index in [2.05, 4.69) is 36.1 Å². The summed E-state index contributed by atoms with van der Waals surface area (Å²) >= 11 is 0. The van der Waals surface area contributed by atoms with Crippen LogP contribution in [0.3, 0.4) is 0 Å². The first kappa shape index (κ1) is 11.3. The molecule has 1 aromatic rings. The van der Waals surface area contributed by atoms with E-state index in [9.17, 15) is 0 Å². The lowest BCUT2D eigenvalue weighted by Gasteiger charge is -2.25. The average Bonchev–Trinajstić information content (AvgIpc) is 2.60. The fourth-order valence-corrected chi connectivity index (χ4v) is 1.95. The number of hydrogen-bond donors (Lipinski definition) is 1. The Bertz CT molecular complexity index is 301. The van der Waals surface area contributed by atoms with Crippen LogP contribution in [0.15, 0.2) is 24.3 Å². The summed E-state index contributed by atoms with van der Waals surface area (Å²) < 4.78 is 0. The van der Waals surface area contributed by atoms with Gasteiger partial charge in [0.2, 0.25) is 0 Å². The highest BCUT2D eigenvalue weighted by molar-refractivity contribution is 5.85. The molecule has 0 radical (unpaired) electrons. The van der Waals surface area contributed by atoms with Crippen molar-refractivity contribution in [3.63, 3.8) is 0 Å².